The number of nitrogens with zero attached hydrogens (tertiary/aromatic N) is 1. The average molecular weight is 265 g/mol. The van der Waals surface area contributed by atoms with Crippen LogP contribution in [0.5, 0.6) is 0 Å². The van der Waals surface area contributed by atoms with Crippen LogP contribution < -0.4 is 0 Å². The highest BCUT2D eigenvalue weighted by Gasteiger charge is 2.10. The lowest BCUT2D eigenvalue weighted by atomic mass is 10.1. The number of nitriles is 1. The molecule has 0 fully saturated rings. The van der Waals surface area contributed by atoms with E-state index in [1.165, 1.54) is 0 Å². The van der Waals surface area contributed by atoms with Gasteiger partial charge in [0.05, 0.1) is 17.4 Å². The Morgan fingerprint density at radius 3 is 2.61 bits per heavy atom. The van der Waals surface area contributed by atoms with E-state index in [9.17, 15) is 9.00 Å². The molecule has 0 amide bonds. The Balaban J connectivity index is 2.49. The number of carbonyl (C=O) groups is 1. The largest absolute Gasteiger partial charge is 0.385 e. The van der Waals surface area contributed by atoms with Crippen LogP contribution in [-0.2, 0) is 15.5 Å². The Bertz CT molecular complexity index is 462. The van der Waals surface area contributed by atoms with Crippen LogP contribution in [0.25, 0.3) is 0 Å². The average Bonchev–Trinajstić information content (AvgIpc) is 2.39. The third-order valence-corrected chi connectivity index (χ3v) is 3.68. The van der Waals surface area contributed by atoms with E-state index >= 15 is 0 Å². The first kappa shape index (κ1) is 14.6. The van der Waals surface area contributed by atoms with E-state index < -0.39 is 10.8 Å². The van der Waals surface area contributed by atoms with Crippen molar-refractivity contribution in [2.75, 3.05) is 25.2 Å². The summed E-state index contributed by atoms with van der Waals surface area (Å²) in [6, 6.07) is 8.33. The summed E-state index contributed by atoms with van der Waals surface area (Å²) in [6.07, 6.45) is 0.684. The number of hydrogen-bond acceptors (Lipinski definition) is 4. The van der Waals surface area contributed by atoms with E-state index in [1.807, 2.05) is 6.07 Å². The van der Waals surface area contributed by atoms with Crippen LogP contribution in [-0.4, -0.2) is 35.2 Å². The molecular weight excluding hydrogens is 250 g/mol. The molecule has 0 saturated carbocycles. The summed E-state index contributed by atoms with van der Waals surface area (Å²) in [7, 11) is 0.434. The van der Waals surface area contributed by atoms with Crippen molar-refractivity contribution >= 4 is 16.6 Å². The molecule has 0 aliphatic heterocycles. The second-order valence-electron chi connectivity index (χ2n) is 3.75. The highest BCUT2D eigenvalue weighted by Crippen LogP contribution is 2.05. The van der Waals surface area contributed by atoms with E-state index in [0.29, 0.717) is 29.9 Å². The molecule has 0 N–H and O–H groups in total. The van der Waals surface area contributed by atoms with Crippen molar-refractivity contribution in [1.82, 2.24) is 0 Å². The maximum atomic E-state index is 11.8. The Labute approximate surface area is 109 Å². The highest BCUT2D eigenvalue weighted by atomic mass is 32.2. The van der Waals surface area contributed by atoms with Crippen molar-refractivity contribution < 1.29 is 13.7 Å². The quantitative estimate of drug-likeness (QED) is 0.554. The Morgan fingerprint density at radius 1 is 1.39 bits per heavy atom. The summed E-state index contributed by atoms with van der Waals surface area (Å²) in [5, 5.41) is 8.64. The molecule has 0 bridgehead atoms. The van der Waals surface area contributed by atoms with Crippen LogP contribution in [0.4, 0.5) is 0 Å². The summed E-state index contributed by atoms with van der Waals surface area (Å²) in [5.41, 5.74) is 1.00. The minimum Gasteiger partial charge on any atom is -0.385 e. The molecule has 18 heavy (non-hydrogen) atoms. The Kier molecular flexibility index (Phi) is 6.26. The number of ketones is 1. The second-order valence-corrected chi connectivity index (χ2v) is 5.32. The normalized spacial score (nSPS) is 11.8. The zero-order valence-corrected chi connectivity index (χ0v) is 11.0. The lowest BCUT2D eigenvalue weighted by Crippen LogP contribution is -2.14. The van der Waals surface area contributed by atoms with Gasteiger partial charge in [-0.3, -0.25) is 9.00 Å². The maximum Gasteiger partial charge on any atom is 0.175 e. The first-order chi connectivity index (χ1) is 8.67. The predicted octanol–water partition coefficient (Wildman–Crippen LogP) is 1.53. The lowest BCUT2D eigenvalue weighted by Gasteiger charge is -2.02. The minimum absolute atomic E-state index is 0.0234. The van der Waals surface area contributed by atoms with Crippen LogP contribution in [0, 0.1) is 11.3 Å². The van der Waals surface area contributed by atoms with Gasteiger partial charge in [0.2, 0.25) is 0 Å². The van der Waals surface area contributed by atoms with Gasteiger partial charge < -0.3 is 4.74 Å². The van der Waals surface area contributed by atoms with Gasteiger partial charge in [0.25, 0.3) is 0 Å². The summed E-state index contributed by atoms with van der Waals surface area (Å²) in [6.45, 7) is 0.552. The molecule has 0 spiro atoms. The van der Waals surface area contributed by atoms with Gasteiger partial charge >= 0.3 is 0 Å². The summed E-state index contributed by atoms with van der Waals surface area (Å²) in [5.74, 6) is 0.334. The first-order valence-corrected chi connectivity index (χ1v) is 7.03. The third-order valence-electron chi connectivity index (χ3n) is 2.35. The van der Waals surface area contributed by atoms with Crippen molar-refractivity contribution in [3.05, 3.63) is 35.4 Å². The van der Waals surface area contributed by atoms with Crippen LogP contribution >= 0.6 is 0 Å². The van der Waals surface area contributed by atoms with Gasteiger partial charge in [0.1, 0.15) is 0 Å². The van der Waals surface area contributed by atoms with Crippen molar-refractivity contribution in [2.45, 2.75) is 6.42 Å². The van der Waals surface area contributed by atoms with E-state index in [-0.39, 0.29) is 11.5 Å². The Morgan fingerprint density at radius 2 is 2.06 bits per heavy atom. The number of Topliss-reactive ketones (excluding diaryl/α,β-unsaturated/α-hetero) is 1. The van der Waals surface area contributed by atoms with Gasteiger partial charge in [-0.2, -0.15) is 5.26 Å². The number of methoxy groups -OCH3 is 1. The minimum atomic E-state index is -1.15. The van der Waals surface area contributed by atoms with E-state index in [4.69, 9.17) is 10.00 Å². The number of ether oxygens (including phenoxy) is 1. The summed E-state index contributed by atoms with van der Waals surface area (Å²) >= 11 is 0. The molecule has 0 aliphatic rings. The van der Waals surface area contributed by atoms with Gasteiger partial charge in [-0.25, -0.2) is 0 Å². The van der Waals surface area contributed by atoms with Crippen LogP contribution in [0.1, 0.15) is 22.3 Å². The molecule has 0 aliphatic carbocycles. The molecule has 96 valence electrons. The fraction of sp³-hybridized carbons (Fsp3) is 0.385. The predicted molar refractivity (Wildman–Crippen MR) is 69.9 cm³/mol. The fourth-order valence-electron chi connectivity index (χ4n) is 1.40. The maximum absolute atomic E-state index is 11.8. The smallest absolute Gasteiger partial charge is 0.175 e. The van der Waals surface area contributed by atoms with Crippen LogP contribution in [0.3, 0.4) is 0 Å². The lowest BCUT2D eigenvalue weighted by molar-refractivity contribution is 0.102. The van der Waals surface area contributed by atoms with Crippen molar-refractivity contribution in [3.63, 3.8) is 0 Å². The SMILES string of the molecule is COCCCS(=O)CC(=O)c1ccc(C#N)cc1. The monoisotopic (exact) mass is 265 g/mol. The third kappa shape index (κ3) is 4.78. The summed E-state index contributed by atoms with van der Waals surface area (Å²) in [4.78, 5) is 11.8. The standard InChI is InChI=1S/C13H15NO3S/c1-17-7-2-8-18(16)10-13(15)12-5-3-11(9-14)4-6-12/h3-6H,2,7-8,10H2,1H3. The van der Waals surface area contributed by atoms with Crippen LogP contribution in [0.15, 0.2) is 24.3 Å². The number of benzene rings is 1. The molecule has 1 unspecified atom stereocenters. The topological polar surface area (TPSA) is 67.2 Å². The molecule has 1 aromatic rings. The summed E-state index contributed by atoms with van der Waals surface area (Å²) < 4.78 is 16.5. The molecule has 4 nitrogen and oxygen atoms in total. The molecule has 0 radical (unpaired) electrons. The van der Waals surface area contributed by atoms with E-state index in [1.54, 1.807) is 31.4 Å². The van der Waals surface area contributed by atoms with Gasteiger partial charge in [0.15, 0.2) is 5.78 Å². The fourth-order valence-corrected chi connectivity index (χ4v) is 2.44. The molecule has 1 atom stereocenters. The number of carbonyl (C=O) groups excluding carboxylic acids is 1. The molecule has 5 heteroatoms. The second kappa shape index (κ2) is 7.75. The molecule has 1 rings (SSSR count). The van der Waals surface area contributed by atoms with Crippen molar-refractivity contribution in [2.24, 2.45) is 0 Å². The van der Waals surface area contributed by atoms with Gasteiger partial charge in [-0.1, -0.05) is 12.1 Å². The molecule has 0 saturated heterocycles. The number of rotatable bonds is 7. The van der Waals surface area contributed by atoms with Gasteiger partial charge in [-0.15, -0.1) is 0 Å². The number of hydrogen-bond donors (Lipinski definition) is 0. The van der Waals surface area contributed by atoms with E-state index in [0.717, 1.165) is 0 Å². The first-order valence-electron chi connectivity index (χ1n) is 5.54. The van der Waals surface area contributed by atoms with Gasteiger partial charge in [0, 0.05) is 35.8 Å². The highest BCUT2D eigenvalue weighted by molar-refractivity contribution is 7.85. The van der Waals surface area contributed by atoms with E-state index in [2.05, 4.69) is 0 Å². The van der Waals surface area contributed by atoms with Crippen molar-refractivity contribution in [3.8, 4) is 6.07 Å². The molecular formula is C13H15NO3S. The zero-order chi connectivity index (χ0) is 13.4. The van der Waals surface area contributed by atoms with Crippen molar-refractivity contribution in [1.29, 1.82) is 5.26 Å². The molecule has 1 aromatic carbocycles. The molecule has 0 heterocycles. The van der Waals surface area contributed by atoms with Gasteiger partial charge in [-0.05, 0) is 18.6 Å². The van der Waals surface area contributed by atoms with Crippen LogP contribution in [0.2, 0.25) is 0 Å². The molecule has 0 aromatic heterocycles. The Hall–Kier alpha value is -1.51. The zero-order valence-electron chi connectivity index (χ0n) is 10.2.